The molecule has 3 aromatic heterocycles. The van der Waals surface area contributed by atoms with Crippen molar-refractivity contribution >= 4 is 38.2 Å². The molecule has 0 unspecified atom stereocenters. The van der Waals surface area contributed by atoms with Crippen molar-refractivity contribution in [2.75, 3.05) is 11.1 Å². The van der Waals surface area contributed by atoms with Gasteiger partial charge in [0, 0.05) is 12.4 Å². The number of aromatic nitrogens is 5. The van der Waals surface area contributed by atoms with Crippen LogP contribution >= 0.6 is 11.3 Å². The molecule has 0 saturated carbocycles. The largest absolute Gasteiger partial charge is 0.393 e. The van der Waals surface area contributed by atoms with Crippen LogP contribution in [0, 0.1) is 0 Å². The van der Waals surface area contributed by atoms with Gasteiger partial charge in [-0.3, -0.25) is 4.57 Å². The zero-order valence-electron chi connectivity index (χ0n) is 11.3. The summed E-state index contributed by atoms with van der Waals surface area (Å²) in [7, 11) is 0. The maximum absolute atomic E-state index is 6.16. The monoisotopic (exact) mass is 309 g/mol. The maximum Gasteiger partial charge on any atom is 0.189 e. The topological polar surface area (TPSA) is 94.5 Å². The van der Waals surface area contributed by atoms with Crippen molar-refractivity contribution < 1.29 is 0 Å². The van der Waals surface area contributed by atoms with Gasteiger partial charge in [0.1, 0.15) is 18.3 Å². The molecule has 0 aliphatic rings. The lowest BCUT2D eigenvalue weighted by Crippen LogP contribution is -2.06. The number of para-hydroxylation sites is 1. The van der Waals surface area contributed by atoms with Gasteiger partial charge in [-0.25, -0.2) is 19.9 Å². The van der Waals surface area contributed by atoms with E-state index in [1.807, 2.05) is 24.3 Å². The normalized spacial score (nSPS) is 10.9. The highest BCUT2D eigenvalue weighted by Gasteiger charge is 2.11. The average molecular weight is 309 g/mol. The maximum atomic E-state index is 6.16. The molecule has 22 heavy (non-hydrogen) atoms. The molecule has 0 bridgehead atoms. The fraction of sp³-hybridized carbons (Fsp3) is 0. The summed E-state index contributed by atoms with van der Waals surface area (Å²) in [4.78, 5) is 16.9. The van der Waals surface area contributed by atoms with E-state index in [1.54, 1.807) is 34.6 Å². The minimum Gasteiger partial charge on any atom is -0.393 e. The van der Waals surface area contributed by atoms with Crippen molar-refractivity contribution in [3.8, 4) is 5.82 Å². The predicted octanol–water partition coefficient (Wildman–Crippen LogP) is 2.60. The highest BCUT2D eigenvalue weighted by atomic mass is 32.1. The molecular formula is C14H11N7S. The highest BCUT2D eigenvalue weighted by Crippen LogP contribution is 2.30. The van der Waals surface area contributed by atoms with Crippen molar-refractivity contribution in [3.63, 3.8) is 0 Å². The summed E-state index contributed by atoms with van der Waals surface area (Å²) in [5.74, 6) is 1.11. The lowest BCUT2D eigenvalue weighted by Gasteiger charge is -2.09. The number of nitrogens with zero attached hydrogens (tertiary/aromatic N) is 5. The first-order chi connectivity index (χ1) is 10.8. The zero-order chi connectivity index (χ0) is 14.9. The van der Waals surface area contributed by atoms with Crippen LogP contribution in [0.1, 0.15) is 0 Å². The molecule has 0 atom stereocenters. The van der Waals surface area contributed by atoms with Gasteiger partial charge in [-0.05, 0) is 12.1 Å². The zero-order valence-corrected chi connectivity index (χ0v) is 12.2. The van der Waals surface area contributed by atoms with Crippen LogP contribution in [0.25, 0.3) is 16.0 Å². The molecule has 0 fully saturated rings. The summed E-state index contributed by atoms with van der Waals surface area (Å²) in [6.45, 7) is 0. The number of nitrogens with two attached hydrogens (primary N) is 1. The lowest BCUT2D eigenvalue weighted by molar-refractivity contribution is 0.977. The first-order valence-corrected chi connectivity index (χ1v) is 7.34. The predicted molar refractivity (Wildman–Crippen MR) is 86.5 cm³/mol. The van der Waals surface area contributed by atoms with Gasteiger partial charge in [0.15, 0.2) is 16.8 Å². The van der Waals surface area contributed by atoms with Gasteiger partial charge in [0.25, 0.3) is 0 Å². The van der Waals surface area contributed by atoms with Gasteiger partial charge in [-0.1, -0.05) is 23.5 Å². The SMILES string of the molecule is Nc1c(Nc2nc3ccccc3s2)ncnc1-n1ccnc1. The number of anilines is 3. The molecule has 4 aromatic rings. The molecule has 0 amide bonds. The van der Waals surface area contributed by atoms with Gasteiger partial charge in [-0.15, -0.1) is 0 Å². The van der Waals surface area contributed by atoms with E-state index in [1.165, 1.54) is 6.33 Å². The Bertz CT molecular complexity index is 896. The summed E-state index contributed by atoms with van der Waals surface area (Å²) in [5.41, 5.74) is 7.54. The average Bonchev–Trinajstić information content (AvgIpc) is 3.18. The standard InChI is InChI=1S/C14H11N7S/c15-11-12(17-7-18-13(11)21-6-5-16-8-21)20-14-19-9-3-1-2-4-10(9)22-14/h1-8H,15H2,(H,17,18,19,20). The van der Waals surface area contributed by atoms with Crippen LogP contribution in [0.5, 0.6) is 0 Å². The molecule has 0 saturated heterocycles. The molecule has 0 radical (unpaired) electrons. The van der Waals surface area contributed by atoms with Crippen LogP contribution in [-0.4, -0.2) is 24.5 Å². The van der Waals surface area contributed by atoms with Gasteiger partial charge >= 0.3 is 0 Å². The number of hydrogen-bond acceptors (Lipinski definition) is 7. The third-order valence-electron chi connectivity index (χ3n) is 3.13. The Labute approximate surface area is 129 Å². The first kappa shape index (κ1) is 12.7. The van der Waals surface area contributed by atoms with Gasteiger partial charge in [0.05, 0.1) is 10.2 Å². The molecule has 8 heteroatoms. The van der Waals surface area contributed by atoms with Crippen LogP contribution < -0.4 is 11.1 Å². The molecule has 108 valence electrons. The fourth-order valence-electron chi connectivity index (χ4n) is 2.10. The number of benzene rings is 1. The third kappa shape index (κ3) is 2.15. The molecule has 7 nitrogen and oxygen atoms in total. The molecule has 1 aromatic carbocycles. The molecule has 0 spiro atoms. The van der Waals surface area contributed by atoms with Crippen LogP contribution in [-0.2, 0) is 0 Å². The lowest BCUT2D eigenvalue weighted by atomic mass is 10.3. The number of rotatable bonds is 3. The molecule has 0 aliphatic heterocycles. The minimum absolute atomic E-state index is 0.444. The van der Waals surface area contributed by atoms with Crippen molar-refractivity contribution in [1.82, 2.24) is 24.5 Å². The van der Waals surface area contributed by atoms with E-state index in [0.717, 1.165) is 15.3 Å². The molecule has 0 aliphatic carbocycles. The Balaban J connectivity index is 1.72. The molecule has 4 rings (SSSR count). The number of hydrogen-bond donors (Lipinski definition) is 2. The van der Waals surface area contributed by atoms with Crippen molar-refractivity contribution in [1.29, 1.82) is 0 Å². The summed E-state index contributed by atoms with van der Waals surface area (Å²) < 4.78 is 2.84. The Kier molecular flexibility index (Phi) is 2.94. The number of thiazole rings is 1. The number of nitrogens with one attached hydrogen (secondary N) is 1. The van der Waals surface area contributed by atoms with Gasteiger partial charge < -0.3 is 11.1 Å². The Morgan fingerprint density at radius 2 is 2.09 bits per heavy atom. The second-order valence-corrected chi connectivity index (χ2v) is 5.57. The van der Waals surface area contributed by atoms with Crippen molar-refractivity contribution in [2.45, 2.75) is 0 Å². The van der Waals surface area contributed by atoms with Crippen LogP contribution in [0.4, 0.5) is 16.6 Å². The quantitative estimate of drug-likeness (QED) is 0.604. The molecular weight excluding hydrogens is 298 g/mol. The smallest absolute Gasteiger partial charge is 0.189 e. The van der Waals surface area contributed by atoms with Crippen LogP contribution in [0.15, 0.2) is 49.3 Å². The minimum atomic E-state index is 0.444. The number of fused-ring (bicyclic) bond motifs is 1. The van der Waals surface area contributed by atoms with E-state index in [2.05, 4.69) is 25.3 Å². The Hall–Kier alpha value is -3.00. The van der Waals surface area contributed by atoms with Gasteiger partial charge in [0.2, 0.25) is 0 Å². The fourth-order valence-corrected chi connectivity index (χ4v) is 2.97. The first-order valence-electron chi connectivity index (χ1n) is 6.52. The van der Waals surface area contributed by atoms with E-state index in [-0.39, 0.29) is 0 Å². The summed E-state index contributed by atoms with van der Waals surface area (Å²) in [6.07, 6.45) is 6.55. The summed E-state index contributed by atoms with van der Waals surface area (Å²) in [6, 6.07) is 7.94. The summed E-state index contributed by atoms with van der Waals surface area (Å²) >= 11 is 1.55. The van der Waals surface area contributed by atoms with E-state index in [0.29, 0.717) is 17.3 Å². The van der Waals surface area contributed by atoms with E-state index < -0.39 is 0 Å². The van der Waals surface area contributed by atoms with Gasteiger partial charge in [-0.2, -0.15) is 0 Å². The third-order valence-corrected chi connectivity index (χ3v) is 4.08. The Morgan fingerprint density at radius 1 is 1.18 bits per heavy atom. The van der Waals surface area contributed by atoms with Crippen molar-refractivity contribution in [3.05, 3.63) is 49.3 Å². The van der Waals surface area contributed by atoms with Crippen molar-refractivity contribution in [2.24, 2.45) is 0 Å². The second kappa shape index (κ2) is 5.08. The van der Waals surface area contributed by atoms with E-state index >= 15 is 0 Å². The summed E-state index contributed by atoms with van der Waals surface area (Å²) in [5, 5.41) is 3.90. The molecule has 3 heterocycles. The Morgan fingerprint density at radius 3 is 2.91 bits per heavy atom. The van der Waals surface area contributed by atoms with E-state index in [4.69, 9.17) is 5.73 Å². The van der Waals surface area contributed by atoms with Crippen LogP contribution in [0.3, 0.4) is 0 Å². The highest BCUT2D eigenvalue weighted by molar-refractivity contribution is 7.22. The molecule has 3 N–H and O–H groups in total. The number of imidazole rings is 1. The number of nitrogen functional groups attached to an aromatic ring is 1. The van der Waals surface area contributed by atoms with Crippen LogP contribution in [0.2, 0.25) is 0 Å². The second-order valence-electron chi connectivity index (χ2n) is 4.54. The van der Waals surface area contributed by atoms with E-state index in [9.17, 15) is 0 Å².